The molecule has 130 valence electrons. The van der Waals surface area contributed by atoms with Gasteiger partial charge in [-0.2, -0.15) is 0 Å². The van der Waals surface area contributed by atoms with Gasteiger partial charge in [-0.05, 0) is 30.3 Å². The summed E-state index contributed by atoms with van der Waals surface area (Å²) in [4.78, 5) is 14.8. The molecule has 0 amide bonds. The summed E-state index contributed by atoms with van der Waals surface area (Å²) in [5, 5.41) is 1.86. The molecule has 3 aromatic rings. The van der Waals surface area contributed by atoms with Crippen molar-refractivity contribution in [2.45, 2.75) is 6.54 Å². The predicted molar refractivity (Wildman–Crippen MR) is 103 cm³/mol. The molecule has 0 N–H and O–H groups in total. The van der Waals surface area contributed by atoms with E-state index in [0.717, 1.165) is 64.5 Å². The molecular formula is C18H19ClN4OS. The average Bonchev–Trinajstić information content (AvgIpc) is 3.04. The number of fused-ring (bicyclic) bond motifs is 1. The first kappa shape index (κ1) is 16.6. The number of thiazole rings is 1. The van der Waals surface area contributed by atoms with Crippen molar-refractivity contribution in [3.05, 3.63) is 46.6 Å². The molecule has 1 aromatic carbocycles. The van der Waals surface area contributed by atoms with Crippen molar-refractivity contribution in [1.82, 2.24) is 14.9 Å². The lowest BCUT2D eigenvalue weighted by molar-refractivity contribution is 0.249. The van der Waals surface area contributed by atoms with E-state index in [0.29, 0.717) is 0 Å². The second kappa shape index (κ2) is 7.15. The molecule has 1 saturated heterocycles. The van der Waals surface area contributed by atoms with Crippen LogP contribution in [0, 0.1) is 0 Å². The Labute approximate surface area is 155 Å². The third-order valence-corrected chi connectivity index (χ3v) is 5.62. The number of methoxy groups -OCH3 is 1. The molecule has 7 heteroatoms. The van der Waals surface area contributed by atoms with Gasteiger partial charge in [0.1, 0.15) is 21.1 Å². The minimum absolute atomic E-state index is 0.736. The predicted octanol–water partition coefficient (Wildman–Crippen LogP) is 3.68. The maximum Gasteiger partial charge on any atom is 0.143 e. The van der Waals surface area contributed by atoms with Crippen molar-refractivity contribution < 1.29 is 4.74 Å². The summed E-state index contributed by atoms with van der Waals surface area (Å²) in [5.41, 5.74) is 2.06. The van der Waals surface area contributed by atoms with Crippen LogP contribution in [0.25, 0.3) is 10.3 Å². The van der Waals surface area contributed by atoms with Gasteiger partial charge in [0, 0.05) is 37.4 Å². The quantitative estimate of drug-likeness (QED) is 0.696. The Balaban J connectivity index is 1.42. The van der Waals surface area contributed by atoms with Gasteiger partial charge in [-0.15, -0.1) is 0 Å². The fourth-order valence-corrected chi connectivity index (χ4v) is 4.24. The van der Waals surface area contributed by atoms with Crippen LogP contribution < -0.4 is 9.64 Å². The summed E-state index contributed by atoms with van der Waals surface area (Å²) in [6.45, 7) is 4.74. The topological polar surface area (TPSA) is 41.5 Å². The van der Waals surface area contributed by atoms with E-state index < -0.39 is 0 Å². The van der Waals surface area contributed by atoms with Gasteiger partial charge in [0.05, 0.1) is 19.3 Å². The van der Waals surface area contributed by atoms with E-state index in [1.165, 1.54) is 0 Å². The molecule has 1 aliphatic heterocycles. The molecule has 0 aliphatic carbocycles. The summed E-state index contributed by atoms with van der Waals surface area (Å²) in [6, 6.07) is 9.73. The fourth-order valence-electron chi connectivity index (χ4n) is 3.13. The number of rotatable bonds is 4. The van der Waals surface area contributed by atoms with Crippen LogP contribution >= 0.6 is 22.9 Å². The van der Waals surface area contributed by atoms with Crippen LogP contribution in [-0.2, 0) is 6.54 Å². The molecule has 0 saturated carbocycles. The number of hydrogen-bond acceptors (Lipinski definition) is 6. The highest BCUT2D eigenvalue weighted by Crippen LogP contribution is 2.32. The zero-order valence-electron chi connectivity index (χ0n) is 14.0. The van der Waals surface area contributed by atoms with Gasteiger partial charge < -0.3 is 9.64 Å². The Morgan fingerprint density at radius 1 is 1.20 bits per heavy atom. The first-order chi connectivity index (χ1) is 12.2. The van der Waals surface area contributed by atoms with E-state index in [9.17, 15) is 0 Å². The van der Waals surface area contributed by atoms with Gasteiger partial charge in [-0.1, -0.05) is 22.9 Å². The molecule has 0 bridgehead atoms. The Bertz CT molecular complexity index is 843. The third kappa shape index (κ3) is 3.56. The summed E-state index contributed by atoms with van der Waals surface area (Å²) in [5.74, 6) is 0.870. The molecule has 25 heavy (non-hydrogen) atoms. The molecule has 0 spiro atoms. The second-order valence-electron chi connectivity index (χ2n) is 6.01. The molecule has 4 rings (SSSR count). The van der Waals surface area contributed by atoms with E-state index >= 15 is 0 Å². The number of aromatic nitrogens is 2. The standard InChI is InChI=1S/C18H19ClN4OS/c1-24-16-5-4-13(19)11-15(16)23-9-7-22(8-10-23)12-17-21-14-3-2-6-20-18(14)25-17/h2-6,11H,7-10,12H2,1H3. The normalized spacial score (nSPS) is 15.7. The maximum atomic E-state index is 6.16. The second-order valence-corrected chi connectivity index (χ2v) is 7.51. The number of hydrogen-bond donors (Lipinski definition) is 0. The van der Waals surface area contributed by atoms with Crippen LogP contribution in [0.5, 0.6) is 5.75 Å². The minimum atomic E-state index is 0.736. The molecule has 1 aliphatic rings. The van der Waals surface area contributed by atoms with Crippen molar-refractivity contribution >= 4 is 39.0 Å². The maximum absolute atomic E-state index is 6.16. The Hall–Kier alpha value is -1.89. The molecular weight excluding hydrogens is 356 g/mol. The lowest BCUT2D eigenvalue weighted by atomic mass is 10.2. The highest BCUT2D eigenvalue weighted by molar-refractivity contribution is 7.18. The number of ether oxygens (including phenoxy) is 1. The van der Waals surface area contributed by atoms with Crippen molar-refractivity contribution in [2.75, 3.05) is 38.2 Å². The first-order valence-corrected chi connectivity index (χ1v) is 9.43. The van der Waals surface area contributed by atoms with Gasteiger partial charge in [0.2, 0.25) is 0 Å². The van der Waals surface area contributed by atoms with Crippen LogP contribution in [0.4, 0.5) is 5.69 Å². The smallest absolute Gasteiger partial charge is 0.143 e. The highest BCUT2D eigenvalue weighted by Gasteiger charge is 2.21. The van der Waals surface area contributed by atoms with E-state index in [1.54, 1.807) is 18.4 Å². The molecule has 3 heterocycles. The SMILES string of the molecule is COc1ccc(Cl)cc1N1CCN(Cc2nc3cccnc3s2)CC1. The molecule has 0 atom stereocenters. The zero-order chi connectivity index (χ0) is 17.2. The number of nitrogens with zero attached hydrogens (tertiary/aromatic N) is 4. The Morgan fingerprint density at radius 3 is 2.80 bits per heavy atom. The van der Waals surface area contributed by atoms with Gasteiger partial charge in [-0.25, -0.2) is 9.97 Å². The van der Waals surface area contributed by atoms with E-state index in [1.807, 2.05) is 36.5 Å². The highest BCUT2D eigenvalue weighted by atomic mass is 35.5. The molecule has 0 unspecified atom stereocenters. The van der Waals surface area contributed by atoms with Gasteiger partial charge in [-0.3, -0.25) is 4.90 Å². The summed E-state index contributed by atoms with van der Waals surface area (Å²) in [7, 11) is 1.70. The number of halogens is 1. The van der Waals surface area contributed by atoms with Crippen molar-refractivity contribution in [3.8, 4) is 5.75 Å². The third-order valence-electron chi connectivity index (χ3n) is 4.42. The number of benzene rings is 1. The molecule has 2 aromatic heterocycles. The summed E-state index contributed by atoms with van der Waals surface area (Å²) < 4.78 is 5.48. The van der Waals surface area contributed by atoms with Gasteiger partial charge >= 0.3 is 0 Å². The minimum Gasteiger partial charge on any atom is -0.495 e. The van der Waals surface area contributed by atoms with Crippen LogP contribution in [-0.4, -0.2) is 48.2 Å². The van der Waals surface area contributed by atoms with E-state index in [4.69, 9.17) is 16.3 Å². The van der Waals surface area contributed by atoms with Crippen molar-refractivity contribution in [1.29, 1.82) is 0 Å². The van der Waals surface area contributed by atoms with Crippen LogP contribution in [0.2, 0.25) is 5.02 Å². The zero-order valence-corrected chi connectivity index (χ0v) is 15.6. The molecule has 0 radical (unpaired) electrons. The van der Waals surface area contributed by atoms with Gasteiger partial charge in [0.25, 0.3) is 0 Å². The Kier molecular flexibility index (Phi) is 4.74. The lowest BCUT2D eigenvalue weighted by Crippen LogP contribution is -2.46. The lowest BCUT2D eigenvalue weighted by Gasteiger charge is -2.36. The average molecular weight is 375 g/mol. The fraction of sp³-hybridized carbons (Fsp3) is 0.333. The van der Waals surface area contributed by atoms with E-state index in [2.05, 4.69) is 19.8 Å². The number of anilines is 1. The van der Waals surface area contributed by atoms with E-state index in [-0.39, 0.29) is 0 Å². The van der Waals surface area contributed by atoms with Crippen LogP contribution in [0.15, 0.2) is 36.5 Å². The number of piperazine rings is 1. The number of pyridine rings is 1. The van der Waals surface area contributed by atoms with Gasteiger partial charge in [0.15, 0.2) is 0 Å². The molecule has 1 fully saturated rings. The summed E-state index contributed by atoms with van der Waals surface area (Å²) in [6.07, 6.45) is 1.82. The first-order valence-electron chi connectivity index (χ1n) is 8.24. The monoisotopic (exact) mass is 374 g/mol. The van der Waals surface area contributed by atoms with Crippen molar-refractivity contribution in [2.24, 2.45) is 0 Å². The molecule has 5 nitrogen and oxygen atoms in total. The van der Waals surface area contributed by atoms with Crippen molar-refractivity contribution in [3.63, 3.8) is 0 Å². The van der Waals surface area contributed by atoms with Crippen LogP contribution in [0.1, 0.15) is 5.01 Å². The Morgan fingerprint density at radius 2 is 2.04 bits per heavy atom. The summed E-state index contributed by atoms with van der Waals surface area (Å²) >= 11 is 7.84. The van der Waals surface area contributed by atoms with Crippen LogP contribution in [0.3, 0.4) is 0 Å². The largest absolute Gasteiger partial charge is 0.495 e.